The van der Waals surface area contributed by atoms with Crippen LogP contribution in [0.4, 0.5) is 10.2 Å². The highest BCUT2D eigenvalue weighted by Gasteiger charge is 2.06. The van der Waals surface area contributed by atoms with Gasteiger partial charge in [0.05, 0.1) is 10.1 Å². The molecule has 7 nitrogen and oxygen atoms in total. The predicted octanol–water partition coefficient (Wildman–Crippen LogP) is 2.07. The van der Waals surface area contributed by atoms with Gasteiger partial charge in [0.2, 0.25) is 5.91 Å². The Kier molecular flexibility index (Phi) is 7.48. The molecule has 136 valence electrons. The Hall–Kier alpha value is -2.53. The van der Waals surface area contributed by atoms with Crippen LogP contribution in [0, 0.1) is 9.39 Å². The number of anilines is 1. The number of amides is 2. The Labute approximate surface area is 162 Å². The minimum absolute atomic E-state index is 0.0340. The van der Waals surface area contributed by atoms with Crippen molar-refractivity contribution >= 4 is 46.3 Å². The van der Waals surface area contributed by atoms with Crippen LogP contribution in [0.15, 0.2) is 42.6 Å². The molecule has 0 unspecified atom stereocenters. The van der Waals surface area contributed by atoms with E-state index in [-0.39, 0.29) is 18.3 Å². The molecule has 0 saturated heterocycles. The molecule has 0 aliphatic carbocycles. The molecule has 0 radical (unpaired) electrons. The lowest BCUT2D eigenvalue weighted by molar-refractivity contribution is -0.124. The van der Waals surface area contributed by atoms with Gasteiger partial charge in [-0.25, -0.2) is 14.9 Å². The number of carbonyl (C=O) groups excluding carboxylic acids is 2. The molecular weight excluding hydrogens is 454 g/mol. The van der Waals surface area contributed by atoms with Gasteiger partial charge in [0.1, 0.15) is 11.6 Å². The fourth-order valence-corrected chi connectivity index (χ4v) is 2.60. The average molecular weight is 470 g/mol. The van der Waals surface area contributed by atoms with Crippen molar-refractivity contribution in [3.05, 3.63) is 63.1 Å². The molecule has 9 heteroatoms. The summed E-state index contributed by atoms with van der Waals surface area (Å²) in [6.07, 6.45) is 4.20. The van der Waals surface area contributed by atoms with Crippen molar-refractivity contribution < 1.29 is 19.2 Å². The number of nitrogens with zero attached hydrogens (tertiary/aromatic N) is 1. The number of benzene rings is 1. The van der Waals surface area contributed by atoms with Crippen LogP contribution >= 0.6 is 22.6 Å². The number of halogens is 2. The van der Waals surface area contributed by atoms with E-state index in [1.165, 1.54) is 36.0 Å². The van der Waals surface area contributed by atoms with Crippen LogP contribution in [-0.2, 0) is 16.1 Å². The summed E-state index contributed by atoms with van der Waals surface area (Å²) < 4.78 is 13.6. The number of pyridine rings is 1. The first-order valence-corrected chi connectivity index (χ1v) is 8.58. The largest absolute Gasteiger partial charge is 0.360 e. The first-order chi connectivity index (χ1) is 12.5. The molecule has 0 aliphatic heterocycles. The van der Waals surface area contributed by atoms with E-state index in [1.54, 1.807) is 18.2 Å². The van der Waals surface area contributed by atoms with Crippen LogP contribution in [0.5, 0.6) is 0 Å². The van der Waals surface area contributed by atoms with E-state index in [0.717, 1.165) is 9.13 Å². The minimum atomic E-state index is -0.639. The zero-order valence-electron chi connectivity index (χ0n) is 13.5. The van der Waals surface area contributed by atoms with Crippen LogP contribution in [0.3, 0.4) is 0 Å². The zero-order chi connectivity index (χ0) is 18.9. The van der Waals surface area contributed by atoms with Crippen LogP contribution in [0.1, 0.15) is 11.1 Å². The minimum Gasteiger partial charge on any atom is -0.360 e. The van der Waals surface area contributed by atoms with Gasteiger partial charge in [-0.3, -0.25) is 14.8 Å². The van der Waals surface area contributed by atoms with Gasteiger partial charge in [0.15, 0.2) is 0 Å². The third-order valence-corrected chi connectivity index (χ3v) is 4.04. The van der Waals surface area contributed by atoms with Crippen LogP contribution in [-0.4, -0.2) is 28.6 Å². The van der Waals surface area contributed by atoms with E-state index in [9.17, 15) is 14.0 Å². The van der Waals surface area contributed by atoms with Gasteiger partial charge in [-0.05, 0) is 58.0 Å². The summed E-state index contributed by atoms with van der Waals surface area (Å²) in [5.74, 6) is -0.653. The molecule has 1 aromatic heterocycles. The first kappa shape index (κ1) is 19.8. The first-order valence-electron chi connectivity index (χ1n) is 7.50. The van der Waals surface area contributed by atoms with E-state index in [2.05, 4.69) is 38.2 Å². The Morgan fingerprint density at radius 3 is 2.65 bits per heavy atom. The Morgan fingerprint density at radius 1 is 1.27 bits per heavy atom. The zero-order valence-corrected chi connectivity index (χ0v) is 15.7. The van der Waals surface area contributed by atoms with Gasteiger partial charge in [-0.1, -0.05) is 12.1 Å². The maximum absolute atomic E-state index is 12.8. The highest BCUT2D eigenvalue weighted by molar-refractivity contribution is 14.1. The molecule has 0 fully saturated rings. The number of carbonyl (C=O) groups is 2. The summed E-state index contributed by atoms with van der Waals surface area (Å²) in [6, 6.07) is 7.67. The predicted molar refractivity (Wildman–Crippen MR) is 103 cm³/mol. The third-order valence-electron chi connectivity index (χ3n) is 3.22. The number of hydrogen-bond acceptors (Lipinski definition) is 5. The van der Waals surface area contributed by atoms with Crippen molar-refractivity contribution in [1.29, 1.82) is 0 Å². The number of nitrogens with one attached hydrogen (secondary N) is 3. The van der Waals surface area contributed by atoms with Crippen molar-refractivity contribution in [2.45, 2.75) is 6.54 Å². The van der Waals surface area contributed by atoms with E-state index in [0.29, 0.717) is 17.9 Å². The lowest BCUT2D eigenvalue weighted by atomic mass is 10.2. The molecule has 0 bridgehead atoms. The van der Waals surface area contributed by atoms with Crippen LogP contribution in [0.25, 0.3) is 6.08 Å². The van der Waals surface area contributed by atoms with E-state index >= 15 is 0 Å². The summed E-state index contributed by atoms with van der Waals surface area (Å²) in [7, 11) is 0. The van der Waals surface area contributed by atoms with Gasteiger partial charge < -0.3 is 10.6 Å². The maximum atomic E-state index is 12.8. The van der Waals surface area contributed by atoms with Gasteiger partial charge in [-0.15, -0.1) is 0 Å². The van der Waals surface area contributed by atoms with Crippen molar-refractivity contribution in [2.75, 3.05) is 11.9 Å². The molecule has 0 aliphatic rings. The molecule has 1 heterocycles. The molecule has 4 N–H and O–H groups in total. The molecule has 1 aromatic carbocycles. The Morgan fingerprint density at radius 2 is 2.00 bits per heavy atom. The number of aromatic nitrogens is 1. The molecule has 2 rings (SSSR count). The summed E-state index contributed by atoms with van der Waals surface area (Å²) in [5.41, 5.74) is 2.97. The second kappa shape index (κ2) is 9.82. The summed E-state index contributed by atoms with van der Waals surface area (Å²) in [5, 5.41) is 14.1. The second-order valence-electron chi connectivity index (χ2n) is 5.17. The smallest absolute Gasteiger partial charge is 0.267 e. The highest BCUT2D eigenvalue weighted by atomic mass is 127. The molecule has 0 atom stereocenters. The standard InChI is InChI=1S/C17H16FIN4O3/c18-13-4-1-11(2-5-13)8-20-16(25)10-22-17-14(19)7-12(9-21-17)3-6-15(24)23-26/h1-7,9,26H,8,10H2,(H,20,25)(H,21,22)(H,23,24)/b6-3+. The lowest BCUT2D eigenvalue weighted by Gasteiger charge is -2.09. The SMILES string of the molecule is O=C(/C=C/c1cnc(NCC(=O)NCc2ccc(F)cc2)c(I)c1)NO. The molecule has 2 aromatic rings. The van der Waals surface area contributed by atoms with E-state index < -0.39 is 5.91 Å². The summed E-state index contributed by atoms with van der Waals surface area (Å²) in [4.78, 5) is 27.0. The highest BCUT2D eigenvalue weighted by Crippen LogP contribution is 2.17. The summed E-state index contributed by atoms with van der Waals surface area (Å²) in [6.45, 7) is 0.342. The van der Waals surface area contributed by atoms with Crippen LogP contribution < -0.4 is 16.1 Å². The molecule has 0 saturated carbocycles. The number of hydrogen-bond donors (Lipinski definition) is 4. The third kappa shape index (κ3) is 6.41. The van der Waals surface area contributed by atoms with E-state index in [1.807, 2.05) is 0 Å². The van der Waals surface area contributed by atoms with E-state index in [4.69, 9.17) is 5.21 Å². The fraction of sp³-hybridized carbons (Fsp3) is 0.118. The van der Waals surface area contributed by atoms with Crippen LogP contribution in [0.2, 0.25) is 0 Å². The van der Waals surface area contributed by atoms with Crippen molar-refractivity contribution in [2.24, 2.45) is 0 Å². The fourth-order valence-electron chi connectivity index (χ4n) is 1.91. The molecular formula is C17H16FIN4O3. The Balaban J connectivity index is 1.84. The monoisotopic (exact) mass is 470 g/mol. The topological polar surface area (TPSA) is 103 Å². The number of rotatable bonds is 7. The Bertz CT molecular complexity index is 812. The van der Waals surface area contributed by atoms with Gasteiger partial charge in [0.25, 0.3) is 5.91 Å². The number of hydroxylamine groups is 1. The average Bonchev–Trinajstić information content (AvgIpc) is 2.64. The van der Waals surface area contributed by atoms with Gasteiger partial charge in [-0.2, -0.15) is 0 Å². The second-order valence-corrected chi connectivity index (χ2v) is 6.33. The maximum Gasteiger partial charge on any atom is 0.267 e. The summed E-state index contributed by atoms with van der Waals surface area (Å²) >= 11 is 2.06. The normalized spacial score (nSPS) is 10.6. The van der Waals surface area contributed by atoms with Gasteiger partial charge in [0, 0.05) is 18.8 Å². The molecule has 0 spiro atoms. The van der Waals surface area contributed by atoms with Gasteiger partial charge >= 0.3 is 0 Å². The quantitative estimate of drug-likeness (QED) is 0.215. The van der Waals surface area contributed by atoms with Crippen molar-refractivity contribution in [3.63, 3.8) is 0 Å². The molecule has 26 heavy (non-hydrogen) atoms. The van der Waals surface area contributed by atoms with Crippen molar-refractivity contribution in [3.8, 4) is 0 Å². The van der Waals surface area contributed by atoms with Crippen molar-refractivity contribution in [1.82, 2.24) is 15.8 Å². The molecule has 2 amide bonds. The lowest BCUT2D eigenvalue weighted by Crippen LogP contribution is -2.29.